The lowest BCUT2D eigenvalue weighted by Crippen LogP contribution is -2.39. The maximum absolute atomic E-state index is 6.88. The van der Waals surface area contributed by atoms with Crippen LogP contribution in [0.3, 0.4) is 0 Å². The minimum atomic E-state index is -0.313. The number of benzene rings is 8. The minimum absolute atomic E-state index is 0.0480. The first kappa shape index (κ1) is 42.1. The number of aromatic nitrogens is 1. The monoisotopic (exact) mass is 908 g/mol. The van der Waals surface area contributed by atoms with Crippen molar-refractivity contribution >= 4 is 73.3 Å². The van der Waals surface area contributed by atoms with Crippen molar-refractivity contribution in [3.63, 3.8) is 0 Å². The summed E-state index contributed by atoms with van der Waals surface area (Å²) in [4.78, 5) is 0. The molecule has 3 heterocycles. The Morgan fingerprint density at radius 1 is 0.543 bits per heavy atom. The molecule has 4 aliphatic rings. The van der Waals surface area contributed by atoms with Gasteiger partial charge in [-0.25, -0.2) is 0 Å². The van der Waals surface area contributed by atoms with Crippen LogP contribution in [0.1, 0.15) is 128 Å². The highest BCUT2D eigenvalue weighted by Gasteiger charge is 2.45. The fraction of sp³-hybridized carbons (Fsp3) is 0.273. The van der Waals surface area contributed by atoms with Crippen molar-refractivity contribution in [3.8, 4) is 39.1 Å². The van der Waals surface area contributed by atoms with Gasteiger partial charge in [-0.3, -0.25) is 0 Å². The Balaban J connectivity index is 1.17. The van der Waals surface area contributed by atoms with E-state index < -0.39 is 0 Å². The summed E-state index contributed by atoms with van der Waals surface area (Å²) in [5, 5.41) is 9.09. The Labute approximate surface area is 413 Å². The predicted octanol–water partition coefficient (Wildman–Crippen LogP) is 16.1. The SMILES string of the molecule is CC(C)(C)c1ccc(Nc2cc3c(cc2-c2c4c(c5c6cc7c(cc6n6c5c2Bc2cc5c(cc2-6)-c2ccccc2C5(C)C)C(C)(C)CCC7(C)C)-c2ccccc2C4(C)C)oc2ccccc23)cc1. The van der Waals surface area contributed by atoms with E-state index in [4.69, 9.17) is 4.42 Å². The summed E-state index contributed by atoms with van der Waals surface area (Å²) in [5.41, 5.74) is 28.3. The molecule has 1 N–H and O–H groups in total. The van der Waals surface area contributed by atoms with Gasteiger partial charge in [-0.05, 0) is 150 Å². The van der Waals surface area contributed by atoms with Gasteiger partial charge < -0.3 is 14.3 Å². The smallest absolute Gasteiger partial charge is 0.198 e. The highest BCUT2D eigenvalue weighted by molar-refractivity contribution is 6.74. The summed E-state index contributed by atoms with van der Waals surface area (Å²) < 4.78 is 9.61. The highest BCUT2D eigenvalue weighted by Crippen LogP contribution is 2.59. The maximum atomic E-state index is 6.88. The second-order valence-corrected chi connectivity index (χ2v) is 24.8. The molecular weight excluding hydrogens is 848 g/mol. The van der Waals surface area contributed by atoms with E-state index in [-0.39, 0.29) is 27.1 Å². The first-order valence-electron chi connectivity index (χ1n) is 25.8. The molecule has 1 aliphatic heterocycles. The second-order valence-electron chi connectivity index (χ2n) is 24.8. The average molecular weight is 909 g/mol. The number of rotatable bonds is 3. The van der Waals surface area contributed by atoms with Crippen LogP contribution in [0, 0.1) is 0 Å². The number of furan rings is 1. The minimum Gasteiger partial charge on any atom is -0.456 e. The lowest BCUT2D eigenvalue weighted by molar-refractivity contribution is 0.332. The summed E-state index contributed by atoms with van der Waals surface area (Å²) in [6.45, 7) is 26.6. The number of hydrogen-bond donors (Lipinski definition) is 1. The molecule has 3 nitrogen and oxygen atoms in total. The molecule has 0 amide bonds. The van der Waals surface area contributed by atoms with Crippen LogP contribution >= 0.6 is 0 Å². The molecule has 0 spiro atoms. The molecule has 3 aliphatic carbocycles. The number of hydrogen-bond acceptors (Lipinski definition) is 2. The molecule has 8 aromatic carbocycles. The standard InChI is InChI=1S/C66H61BN2O/c1-62(2,3)36-24-26-37(27-25-36)68-51-31-42-39-19-14-17-23-54(39)70-55(42)33-43(51)58-59-56(40-20-13-16-22-46(40)66(59,10)11)57-44-30-48-49(64(6,7)29-28-63(48,4)5)35-52(44)69-53-32-41-38-18-12-15-21-45(38)65(8,9)47(41)34-50(53)67-60(58)61(57)69/h12-27,30-35,67-68H,28-29H2,1-11H3. The molecule has 0 bridgehead atoms. The topological polar surface area (TPSA) is 30.1 Å². The third kappa shape index (κ3) is 5.48. The van der Waals surface area contributed by atoms with E-state index in [9.17, 15) is 0 Å². The van der Waals surface area contributed by atoms with Crippen LogP contribution < -0.4 is 16.2 Å². The Bertz CT molecular complexity index is 3970. The Morgan fingerprint density at radius 2 is 1.20 bits per heavy atom. The fourth-order valence-electron chi connectivity index (χ4n) is 14.0. The van der Waals surface area contributed by atoms with Crippen LogP contribution in [-0.2, 0) is 27.1 Å². The maximum Gasteiger partial charge on any atom is 0.198 e. The van der Waals surface area contributed by atoms with Gasteiger partial charge in [0, 0.05) is 60.5 Å². The van der Waals surface area contributed by atoms with E-state index in [0.29, 0.717) is 0 Å². The van der Waals surface area contributed by atoms with Gasteiger partial charge in [-0.2, -0.15) is 0 Å². The van der Waals surface area contributed by atoms with Gasteiger partial charge in [-0.1, -0.05) is 167 Å². The van der Waals surface area contributed by atoms with E-state index >= 15 is 0 Å². The zero-order chi connectivity index (χ0) is 48.2. The molecule has 0 saturated carbocycles. The third-order valence-electron chi connectivity index (χ3n) is 18.0. The van der Waals surface area contributed by atoms with Crippen LogP contribution in [0.25, 0.3) is 82.8 Å². The molecule has 0 fully saturated rings. The third-order valence-corrected chi connectivity index (χ3v) is 18.0. The highest BCUT2D eigenvalue weighted by atomic mass is 16.3. The van der Waals surface area contributed by atoms with E-state index in [1.165, 1.54) is 124 Å². The molecule has 70 heavy (non-hydrogen) atoms. The van der Waals surface area contributed by atoms with Crippen LogP contribution in [0.15, 0.2) is 138 Å². The van der Waals surface area contributed by atoms with Gasteiger partial charge in [0.05, 0.1) is 5.52 Å². The van der Waals surface area contributed by atoms with Gasteiger partial charge in [0.1, 0.15) is 11.2 Å². The summed E-state index contributed by atoms with van der Waals surface area (Å²) in [6.07, 6.45) is 2.34. The molecule has 4 heteroatoms. The Morgan fingerprint density at radius 3 is 1.93 bits per heavy atom. The van der Waals surface area contributed by atoms with Crippen molar-refractivity contribution in [1.29, 1.82) is 0 Å². The van der Waals surface area contributed by atoms with Crippen LogP contribution in [0.2, 0.25) is 0 Å². The van der Waals surface area contributed by atoms with Gasteiger partial charge in [-0.15, -0.1) is 0 Å². The lowest BCUT2D eigenvalue weighted by atomic mass is 9.56. The van der Waals surface area contributed by atoms with Crippen molar-refractivity contribution in [2.24, 2.45) is 0 Å². The van der Waals surface area contributed by atoms with Crippen LogP contribution in [0.4, 0.5) is 11.4 Å². The summed E-state index contributed by atoms with van der Waals surface area (Å²) in [6, 6.07) is 51.3. The van der Waals surface area contributed by atoms with Crippen LogP contribution in [-0.4, -0.2) is 11.8 Å². The number of para-hydroxylation sites is 1. The molecule has 0 saturated heterocycles. The van der Waals surface area contributed by atoms with Gasteiger partial charge in [0.25, 0.3) is 0 Å². The number of fused-ring (bicyclic) bond motifs is 16. The number of nitrogens with zero attached hydrogens (tertiary/aromatic N) is 1. The molecule has 0 radical (unpaired) electrons. The zero-order valence-electron chi connectivity index (χ0n) is 42.7. The zero-order valence-corrected chi connectivity index (χ0v) is 42.7. The second kappa shape index (κ2) is 13.5. The first-order valence-corrected chi connectivity index (χ1v) is 25.8. The molecule has 14 rings (SSSR count). The van der Waals surface area contributed by atoms with Crippen molar-refractivity contribution in [2.75, 3.05) is 5.32 Å². The van der Waals surface area contributed by atoms with Crippen LogP contribution in [0.5, 0.6) is 0 Å². The van der Waals surface area contributed by atoms with Crippen molar-refractivity contribution in [1.82, 2.24) is 4.57 Å². The van der Waals surface area contributed by atoms with Gasteiger partial charge in [0.2, 0.25) is 0 Å². The Kier molecular flexibility index (Phi) is 8.15. The summed E-state index contributed by atoms with van der Waals surface area (Å²) in [5.74, 6) is 0. The normalized spacial score (nSPS) is 17.2. The molecule has 344 valence electrons. The van der Waals surface area contributed by atoms with Crippen molar-refractivity contribution in [3.05, 3.63) is 172 Å². The van der Waals surface area contributed by atoms with Crippen molar-refractivity contribution < 1.29 is 4.42 Å². The molecule has 0 atom stereocenters. The summed E-state index contributed by atoms with van der Waals surface area (Å²) in [7, 11) is 0.811. The van der Waals surface area contributed by atoms with E-state index in [0.717, 1.165) is 40.6 Å². The fourth-order valence-corrected chi connectivity index (χ4v) is 14.0. The first-order chi connectivity index (χ1) is 33.3. The van der Waals surface area contributed by atoms with E-state index in [2.05, 4.69) is 220 Å². The number of anilines is 2. The van der Waals surface area contributed by atoms with Gasteiger partial charge in [0.15, 0.2) is 7.28 Å². The molecule has 10 aromatic rings. The summed E-state index contributed by atoms with van der Waals surface area (Å²) >= 11 is 0. The molecular formula is C66H61BN2O. The Hall–Kier alpha value is -6.78. The quantitative estimate of drug-likeness (QED) is 0.179. The van der Waals surface area contributed by atoms with Gasteiger partial charge >= 0.3 is 0 Å². The van der Waals surface area contributed by atoms with E-state index in [1.807, 2.05) is 0 Å². The lowest BCUT2D eigenvalue weighted by Gasteiger charge is -2.42. The molecule has 0 unspecified atom stereocenters. The van der Waals surface area contributed by atoms with Crippen molar-refractivity contribution in [2.45, 2.75) is 116 Å². The van der Waals surface area contributed by atoms with E-state index in [1.54, 1.807) is 0 Å². The number of nitrogens with one attached hydrogen (secondary N) is 1. The average Bonchev–Trinajstić information content (AvgIpc) is 4.00. The largest absolute Gasteiger partial charge is 0.456 e. The predicted molar refractivity (Wildman–Crippen MR) is 299 cm³/mol. The molecule has 2 aromatic heterocycles.